The number of thiazole rings is 1. The third-order valence-electron chi connectivity index (χ3n) is 5.15. The van der Waals surface area contributed by atoms with E-state index in [4.69, 9.17) is 19.2 Å². The molecule has 1 amide bonds. The first-order valence-electron chi connectivity index (χ1n) is 10.2. The van der Waals surface area contributed by atoms with Crippen LogP contribution >= 0.6 is 11.3 Å². The van der Waals surface area contributed by atoms with Gasteiger partial charge in [-0.05, 0) is 24.3 Å². The summed E-state index contributed by atoms with van der Waals surface area (Å²) < 4.78 is 16.9. The second-order valence-corrected chi connectivity index (χ2v) is 8.35. The zero-order valence-corrected chi connectivity index (χ0v) is 17.6. The van der Waals surface area contributed by atoms with E-state index in [2.05, 4.69) is 15.2 Å². The highest BCUT2D eigenvalue weighted by atomic mass is 32.1. The van der Waals surface area contributed by atoms with Gasteiger partial charge in [-0.15, -0.1) is 0 Å². The normalized spacial score (nSPS) is 18.5. The molecule has 2 aromatic heterocycles. The number of fused-ring (bicyclic) bond motifs is 1. The number of nitrogens with one attached hydrogen (secondary N) is 1. The highest BCUT2D eigenvalue weighted by Gasteiger charge is 2.28. The maximum Gasteiger partial charge on any atom is 0.270 e. The molecule has 1 unspecified atom stereocenters. The number of rotatable bonds is 5. The predicted octanol–water partition coefficient (Wildman–Crippen LogP) is 2.82. The zero-order valence-electron chi connectivity index (χ0n) is 16.8. The van der Waals surface area contributed by atoms with Crippen molar-refractivity contribution in [1.29, 1.82) is 0 Å². The standard InChI is InChI=1S/C22H22N4O4S/c27-21(18-14-29-16-3-1-2-4-17(16)30-18)25-22-24-20(15-5-7-23-8-6-15)19(31-22)13-26-9-11-28-12-10-26/h1-8,18H,9-14H2,(H,24,25,27). The number of carbonyl (C=O) groups excluding carboxylic acids is 1. The molecule has 1 aromatic carbocycles. The van der Waals surface area contributed by atoms with Crippen molar-refractivity contribution in [2.75, 3.05) is 38.2 Å². The Hall–Kier alpha value is -3.01. The van der Waals surface area contributed by atoms with Crippen LogP contribution in [0.4, 0.5) is 5.13 Å². The molecule has 2 aliphatic heterocycles. The first-order chi connectivity index (χ1) is 15.3. The van der Waals surface area contributed by atoms with E-state index < -0.39 is 6.10 Å². The van der Waals surface area contributed by atoms with Gasteiger partial charge in [0, 0.05) is 42.5 Å². The lowest BCUT2D eigenvalue weighted by atomic mass is 10.1. The molecule has 0 radical (unpaired) electrons. The molecule has 160 valence electrons. The molecule has 1 atom stereocenters. The van der Waals surface area contributed by atoms with Crippen molar-refractivity contribution in [3.05, 3.63) is 53.7 Å². The van der Waals surface area contributed by atoms with Crippen molar-refractivity contribution >= 4 is 22.4 Å². The highest BCUT2D eigenvalue weighted by molar-refractivity contribution is 7.16. The molecule has 0 aliphatic carbocycles. The van der Waals surface area contributed by atoms with Crippen molar-refractivity contribution in [2.45, 2.75) is 12.6 Å². The van der Waals surface area contributed by atoms with Crippen LogP contribution in [0.2, 0.25) is 0 Å². The lowest BCUT2D eigenvalue weighted by Gasteiger charge is -2.26. The molecule has 0 spiro atoms. The van der Waals surface area contributed by atoms with Crippen LogP contribution in [0.15, 0.2) is 48.8 Å². The third kappa shape index (κ3) is 4.53. The number of ether oxygens (including phenoxy) is 3. The molecule has 1 N–H and O–H groups in total. The highest BCUT2D eigenvalue weighted by Crippen LogP contribution is 2.34. The summed E-state index contributed by atoms with van der Waals surface area (Å²) in [6.07, 6.45) is 2.76. The molecule has 0 saturated carbocycles. The topological polar surface area (TPSA) is 85.8 Å². The van der Waals surface area contributed by atoms with Crippen LogP contribution in [-0.4, -0.2) is 59.8 Å². The van der Waals surface area contributed by atoms with Crippen LogP contribution in [-0.2, 0) is 16.1 Å². The zero-order chi connectivity index (χ0) is 21.0. The number of benzene rings is 1. The van der Waals surface area contributed by atoms with E-state index in [0.29, 0.717) is 16.6 Å². The molecule has 9 heteroatoms. The molecule has 31 heavy (non-hydrogen) atoms. The van der Waals surface area contributed by atoms with Gasteiger partial charge in [-0.3, -0.25) is 20.0 Å². The Balaban J connectivity index is 1.34. The summed E-state index contributed by atoms with van der Waals surface area (Å²) >= 11 is 1.48. The summed E-state index contributed by atoms with van der Waals surface area (Å²) in [5.41, 5.74) is 1.83. The number of anilines is 1. The van der Waals surface area contributed by atoms with E-state index in [1.54, 1.807) is 18.5 Å². The fourth-order valence-corrected chi connectivity index (χ4v) is 4.57. The maximum absolute atomic E-state index is 12.8. The van der Waals surface area contributed by atoms with E-state index in [1.165, 1.54) is 11.3 Å². The average molecular weight is 439 g/mol. The Morgan fingerprint density at radius 2 is 1.90 bits per heavy atom. The Morgan fingerprint density at radius 1 is 1.13 bits per heavy atom. The molecule has 3 aromatic rings. The summed E-state index contributed by atoms with van der Waals surface area (Å²) in [6, 6.07) is 11.2. The summed E-state index contributed by atoms with van der Waals surface area (Å²) in [7, 11) is 0. The van der Waals surface area contributed by atoms with Gasteiger partial charge in [-0.2, -0.15) is 0 Å². The van der Waals surface area contributed by atoms with Crippen LogP contribution in [0.25, 0.3) is 11.3 Å². The molecule has 8 nitrogen and oxygen atoms in total. The van der Waals surface area contributed by atoms with Crippen LogP contribution in [0, 0.1) is 0 Å². The van der Waals surface area contributed by atoms with Crippen LogP contribution in [0.3, 0.4) is 0 Å². The molecule has 1 fully saturated rings. The molecule has 5 rings (SSSR count). The quantitative estimate of drug-likeness (QED) is 0.656. The van der Waals surface area contributed by atoms with Gasteiger partial charge >= 0.3 is 0 Å². The van der Waals surface area contributed by atoms with Gasteiger partial charge in [0.05, 0.1) is 18.9 Å². The van der Waals surface area contributed by atoms with E-state index in [0.717, 1.165) is 49.0 Å². The van der Waals surface area contributed by atoms with Gasteiger partial charge in [-0.1, -0.05) is 23.5 Å². The van der Waals surface area contributed by atoms with E-state index in [1.807, 2.05) is 30.3 Å². The summed E-state index contributed by atoms with van der Waals surface area (Å²) in [5.74, 6) is 0.939. The van der Waals surface area contributed by atoms with Gasteiger partial charge in [0.2, 0.25) is 6.10 Å². The number of carbonyl (C=O) groups is 1. The minimum absolute atomic E-state index is 0.159. The molecule has 1 saturated heterocycles. The van der Waals surface area contributed by atoms with Gasteiger partial charge in [-0.25, -0.2) is 4.98 Å². The van der Waals surface area contributed by atoms with Gasteiger partial charge in [0.1, 0.15) is 6.61 Å². The smallest absolute Gasteiger partial charge is 0.270 e. The van der Waals surface area contributed by atoms with Crippen LogP contribution in [0.1, 0.15) is 4.88 Å². The summed E-state index contributed by atoms with van der Waals surface area (Å²) in [4.78, 5) is 25.1. The number of morpholine rings is 1. The Bertz CT molecular complexity index is 1050. The van der Waals surface area contributed by atoms with Gasteiger partial charge in [0.25, 0.3) is 5.91 Å². The maximum atomic E-state index is 12.8. The number of hydrogen-bond acceptors (Lipinski definition) is 8. The fourth-order valence-electron chi connectivity index (χ4n) is 3.54. The largest absolute Gasteiger partial charge is 0.485 e. The second-order valence-electron chi connectivity index (χ2n) is 7.27. The minimum Gasteiger partial charge on any atom is -0.485 e. The van der Waals surface area contributed by atoms with E-state index >= 15 is 0 Å². The van der Waals surface area contributed by atoms with Crippen LogP contribution in [0.5, 0.6) is 11.5 Å². The third-order valence-corrected chi connectivity index (χ3v) is 6.11. The molecular formula is C22H22N4O4S. The number of hydrogen-bond donors (Lipinski definition) is 1. The Labute approximate surface area is 183 Å². The Kier molecular flexibility index (Phi) is 5.79. The van der Waals surface area contributed by atoms with Crippen molar-refractivity contribution in [3.8, 4) is 22.8 Å². The van der Waals surface area contributed by atoms with E-state index in [-0.39, 0.29) is 12.5 Å². The first kappa shape index (κ1) is 19.9. The minimum atomic E-state index is -0.731. The van der Waals surface area contributed by atoms with Gasteiger partial charge < -0.3 is 14.2 Å². The van der Waals surface area contributed by atoms with E-state index in [9.17, 15) is 4.79 Å². The molecule has 4 heterocycles. The SMILES string of the molecule is O=C(Nc1nc(-c2ccncc2)c(CN2CCOCC2)s1)C1COc2ccccc2O1. The summed E-state index contributed by atoms with van der Waals surface area (Å²) in [6.45, 7) is 4.13. The summed E-state index contributed by atoms with van der Waals surface area (Å²) in [5, 5.41) is 3.46. The second kappa shape index (κ2) is 9.01. The number of pyridine rings is 1. The van der Waals surface area contributed by atoms with Crippen molar-refractivity contribution in [1.82, 2.24) is 14.9 Å². The molecule has 0 bridgehead atoms. The number of nitrogens with zero attached hydrogens (tertiary/aromatic N) is 3. The fraction of sp³-hybridized carbons (Fsp3) is 0.318. The lowest BCUT2D eigenvalue weighted by molar-refractivity contribution is -0.125. The van der Waals surface area contributed by atoms with Gasteiger partial charge in [0.15, 0.2) is 16.6 Å². The van der Waals surface area contributed by atoms with Crippen molar-refractivity contribution in [3.63, 3.8) is 0 Å². The molecular weight excluding hydrogens is 416 g/mol. The van der Waals surface area contributed by atoms with Crippen LogP contribution < -0.4 is 14.8 Å². The number of para-hydroxylation sites is 2. The Morgan fingerprint density at radius 3 is 2.71 bits per heavy atom. The number of amides is 1. The van der Waals surface area contributed by atoms with Crippen molar-refractivity contribution in [2.24, 2.45) is 0 Å². The molecule has 2 aliphatic rings. The number of aromatic nitrogens is 2. The predicted molar refractivity (Wildman–Crippen MR) is 116 cm³/mol. The monoisotopic (exact) mass is 438 g/mol. The average Bonchev–Trinajstić information content (AvgIpc) is 3.22. The lowest BCUT2D eigenvalue weighted by Crippen LogP contribution is -2.40. The van der Waals surface area contributed by atoms with Crippen molar-refractivity contribution < 1.29 is 19.0 Å². The first-order valence-corrected chi connectivity index (χ1v) is 11.0.